The Morgan fingerprint density at radius 2 is 1.88 bits per heavy atom. The van der Waals surface area contributed by atoms with Crippen LogP contribution in [0.2, 0.25) is 0 Å². The molecule has 88 valence electrons. The van der Waals surface area contributed by atoms with E-state index >= 15 is 0 Å². The lowest BCUT2D eigenvalue weighted by Crippen LogP contribution is -2.00. The van der Waals surface area contributed by atoms with Crippen LogP contribution in [0.4, 0.5) is 5.82 Å². The van der Waals surface area contributed by atoms with Gasteiger partial charge >= 0.3 is 0 Å². The lowest BCUT2D eigenvalue weighted by atomic mass is 10.0. The molecule has 0 spiro atoms. The Bertz CT molecular complexity index is 547. The van der Waals surface area contributed by atoms with Crippen molar-refractivity contribution in [1.82, 2.24) is 9.97 Å². The van der Waals surface area contributed by atoms with Gasteiger partial charge < -0.3 is 5.73 Å². The molecule has 0 aliphatic heterocycles. The van der Waals surface area contributed by atoms with Crippen molar-refractivity contribution < 1.29 is 0 Å². The summed E-state index contributed by atoms with van der Waals surface area (Å²) >= 11 is 0. The second kappa shape index (κ2) is 4.53. The molecule has 2 N–H and O–H groups in total. The monoisotopic (exact) mass is 227 g/mol. The largest absolute Gasteiger partial charge is 0.384 e. The van der Waals surface area contributed by atoms with Gasteiger partial charge in [0.2, 0.25) is 0 Å². The molecule has 0 unspecified atom stereocenters. The summed E-state index contributed by atoms with van der Waals surface area (Å²) in [4.78, 5) is 8.73. The average molecular weight is 227 g/mol. The number of hydrogen-bond donors (Lipinski definition) is 1. The maximum Gasteiger partial charge on any atom is 0.131 e. The highest BCUT2D eigenvalue weighted by Gasteiger charge is 2.07. The lowest BCUT2D eigenvalue weighted by molar-refractivity contribution is 0.948. The van der Waals surface area contributed by atoms with E-state index in [1.165, 1.54) is 11.1 Å². The van der Waals surface area contributed by atoms with Crippen LogP contribution in [-0.4, -0.2) is 9.97 Å². The van der Waals surface area contributed by atoms with Gasteiger partial charge in [0, 0.05) is 18.1 Å². The quantitative estimate of drug-likeness (QED) is 0.858. The standard InChI is InChI=1S/C14H17N3/c1-4-14-16-12(8-13(15)17-14)11-7-9(2)5-6-10(11)3/h5-8H,4H2,1-3H3,(H2,15,16,17). The van der Waals surface area contributed by atoms with Gasteiger partial charge in [-0.3, -0.25) is 0 Å². The van der Waals surface area contributed by atoms with Crippen LogP contribution in [0.1, 0.15) is 23.9 Å². The summed E-state index contributed by atoms with van der Waals surface area (Å²) < 4.78 is 0. The van der Waals surface area contributed by atoms with Crippen LogP contribution in [0.25, 0.3) is 11.3 Å². The van der Waals surface area contributed by atoms with E-state index in [0.29, 0.717) is 5.82 Å². The Labute approximate surface area is 102 Å². The van der Waals surface area contributed by atoms with Crippen LogP contribution < -0.4 is 5.73 Å². The molecule has 2 aromatic rings. The van der Waals surface area contributed by atoms with Gasteiger partial charge in [-0.05, 0) is 25.5 Å². The van der Waals surface area contributed by atoms with Crippen molar-refractivity contribution in [2.45, 2.75) is 27.2 Å². The first-order valence-electron chi connectivity index (χ1n) is 5.81. The Hall–Kier alpha value is -1.90. The first kappa shape index (κ1) is 11.6. The number of rotatable bonds is 2. The summed E-state index contributed by atoms with van der Waals surface area (Å²) in [6.07, 6.45) is 0.795. The summed E-state index contributed by atoms with van der Waals surface area (Å²) in [6.45, 7) is 6.19. The van der Waals surface area contributed by atoms with E-state index in [2.05, 4.69) is 42.0 Å². The van der Waals surface area contributed by atoms with Gasteiger partial charge in [0.05, 0.1) is 5.69 Å². The fourth-order valence-corrected chi connectivity index (χ4v) is 1.83. The van der Waals surface area contributed by atoms with E-state index in [0.717, 1.165) is 23.5 Å². The number of anilines is 1. The zero-order chi connectivity index (χ0) is 12.4. The highest BCUT2D eigenvalue weighted by molar-refractivity contribution is 5.66. The minimum Gasteiger partial charge on any atom is -0.384 e. The average Bonchev–Trinajstić information content (AvgIpc) is 2.31. The third-order valence-electron chi connectivity index (χ3n) is 2.78. The molecule has 0 amide bonds. The van der Waals surface area contributed by atoms with E-state index in [1.54, 1.807) is 0 Å². The van der Waals surface area contributed by atoms with Gasteiger partial charge in [0.1, 0.15) is 11.6 Å². The molecule has 0 aliphatic carbocycles. The van der Waals surface area contributed by atoms with Crippen LogP contribution in [0, 0.1) is 13.8 Å². The van der Waals surface area contributed by atoms with Crippen molar-refractivity contribution in [3.8, 4) is 11.3 Å². The fourth-order valence-electron chi connectivity index (χ4n) is 1.83. The molecule has 1 aromatic heterocycles. The molecule has 0 aliphatic rings. The van der Waals surface area contributed by atoms with Gasteiger partial charge in [-0.1, -0.05) is 24.6 Å². The SMILES string of the molecule is CCc1nc(N)cc(-c2cc(C)ccc2C)n1. The van der Waals surface area contributed by atoms with E-state index in [4.69, 9.17) is 5.73 Å². The predicted octanol–water partition coefficient (Wildman–Crippen LogP) is 2.91. The number of aryl methyl sites for hydroxylation is 3. The van der Waals surface area contributed by atoms with Crippen molar-refractivity contribution in [3.05, 3.63) is 41.2 Å². The molecular formula is C14H17N3. The van der Waals surface area contributed by atoms with Gasteiger partial charge in [-0.2, -0.15) is 0 Å². The predicted molar refractivity (Wildman–Crippen MR) is 70.7 cm³/mol. The Morgan fingerprint density at radius 3 is 2.59 bits per heavy atom. The van der Waals surface area contributed by atoms with Crippen molar-refractivity contribution in [2.24, 2.45) is 0 Å². The van der Waals surface area contributed by atoms with Gasteiger partial charge in [-0.25, -0.2) is 9.97 Å². The summed E-state index contributed by atoms with van der Waals surface area (Å²) in [6, 6.07) is 8.18. The minimum atomic E-state index is 0.535. The van der Waals surface area contributed by atoms with Crippen LogP contribution in [-0.2, 0) is 6.42 Å². The third kappa shape index (κ3) is 2.44. The molecule has 0 saturated carbocycles. The Balaban J connectivity index is 2.59. The minimum absolute atomic E-state index is 0.535. The van der Waals surface area contributed by atoms with Crippen molar-refractivity contribution in [3.63, 3.8) is 0 Å². The Morgan fingerprint density at radius 1 is 1.12 bits per heavy atom. The number of aromatic nitrogens is 2. The second-order valence-electron chi connectivity index (χ2n) is 4.27. The number of nitrogen functional groups attached to an aromatic ring is 1. The summed E-state index contributed by atoms with van der Waals surface area (Å²) in [5.74, 6) is 1.33. The van der Waals surface area contributed by atoms with Crippen molar-refractivity contribution >= 4 is 5.82 Å². The van der Waals surface area contributed by atoms with E-state index in [-0.39, 0.29) is 0 Å². The first-order valence-corrected chi connectivity index (χ1v) is 5.81. The normalized spacial score (nSPS) is 10.5. The molecule has 1 heterocycles. The number of nitrogens with zero attached hydrogens (tertiary/aromatic N) is 2. The number of hydrogen-bond acceptors (Lipinski definition) is 3. The zero-order valence-corrected chi connectivity index (χ0v) is 10.5. The molecule has 0 bridgehead atoms. The highest BCUT2D eigenvalue weighted by Crippen LogP contribution is 2.24. The molecule has 2 rings (SSSR count). The molecule has 1 aromatic carbocycles. The molecule has 0 saturated heterocycles. The maximum absolute atomic E-state index is 5.81. The zero-order valence-electron chi connectivity index (χ0n) is 10.5. The van der Waals surface area contributed by atoms with Crippen molar-refractivity contribution in [2.75, 3.05) is 5.73 Å². The number of benzene rings is 1. The van der Waals surface area contributed by atoms with E-state index in [9.17, 15) is 0 Å². The van der Waals surface area contributed by atoms with E-state index in [1.807, 2.05) is 13.0 Å². The Kier molecular flexibility index (Phi) is 3.09. The summed E-state index contributed by atoms with van der Waals surface area (Å²) in [5.41, 5.74) is 10.3. The lowest BCUT2D eigenvalue weighted by Gasteiger charge is -2.08. The molecule has 17 heavy (non-hydrogen) atoms. The topological polar surface area (TPSA) is 51.8 Å². The molecule has 0 radical (unpaired) electrons. The number of nitrogens with two attached hydrogens (primary N) is 1. The molecule has 0 fully saturated rings. The fraction of sp³-hybridized carbons (Fsp3) is 0.286. The molecular weight excluding hydrogens is 210 g/mol. The van der Waals surface area contributed by atoms with E-state index < -0.39 is 0 Å². The first-order chi connectivity index (χ1) is 8.10. The smallest absolute Gasteiger partial charge is 0.131 e. The van der Waals surface area contributed by atoms with Crippen LogP contribution in [0.3, 0.4) is 0 Å². The molecule has 3 nitrogen and oxygen atoms in total. The highest BCUT2D eigenvalue weighted by atomic mass is 14.9. The second-order valence-corrected chi connectivity index (χ2v) is 4.27. The third-order valence-corrected chi connectivity index (χ3v) is 2.78. The summed E-state index contributed by atoms with van der Waals surface area (Å²) in [5, 5.41) is 0. The van der Waals surface area contributed by atoms with Gasteiger partial charge in [0.25, 0.3) is 0 Å². The molecule has 3 heteroatoms. The summed E-state index contributed by atoms with van der Waals surface area (Å²) in [7, 11) is 0. The maximum atomic E-state index is 5.81. The van der Waals surface area contributed by atoms with Crippen LogP contribution in [0.15, 0.2) is 24.3 Å². The molecule has 0 atom stereocenters. The van der Waals surface area contributed by atoms with Gasteiger partial charge in [-0.15, -0.1) is 0 Å². The van der Waals surface area contributed by atoms with Crippen LogP contribution >= 0.6 is 0 Å². The van der Waals surface area contributed by atoms with Gasteiger partial charge in [0.15, 0.2) is 0 Å². The van der Waals surface area contributed by atoms with Crippen LogP contribution in [0.5, 0.6) is 0 Å². The van der Waals surface area contributed by atoms with Crippen molar-refractivity contribution in [1.29, 1.82) is 0 Å².